The number of nitro benzene ring substituents is 1. The quantitative estimate of drug-likeness (QED) is 0.113. The maximum atomic E-state index is 13.8. The summed E-state index contributed by atoms with van der Waals surface area (Å²) in [7, 11) is -4.47. The van der Waals surface area contributed by atoms with Crippen molar-refractivity contribution in [3.05, 3.63) is 92.3 Å². The number of sulfonamides is 1. The first-order valence-electron chi connectivity index (χ1n) is 9.52. The molecule has 0 fully saturated rings. The average Bonchev–Trinajstić information content (AvgIpc) is 2.80. The van der Waals surface area contributed by atoms with Gasteiger partial charge in [0.25, 0.3) is 15.7 Å². The van der Waals surface area contributed by atoms with Crippen molar-refractivity contribution >= 4 is 33.3 Å². The van der Waals surface area contributed by atoms with Gasteiger partial charge in [-0.1, -0.05) is 17.7 Å². The van der Waals surface area contributed by atoms with Gasteiger partial charge in [0.15, 0.2) is 23.3 Å². The largest absolute Gasteiger partial charge is 0.279 e. The summed E-state index contributed by atoms with van der Waals surface area (Å²) in [4.78, 5) is 9.65. The van der Waals surface area contributed by atoms with Crippen LogP contribution in [0.5, 0.6) is 0 Å². The van der Waals surface area contributed by atoms with Crippen LogP contribution < -0.4 is 10.1 Å². The van der Waals surface area contributed by atoms with Crippen molar-refractivity contribution in [2.24, 2.45) is 5.10 Å². The number of halogens is 5. The summed E-state index contributed by atoms with van der Waals surface area (Å²) in [5, 5.41) is 14.5. The van der Waals surface area contributed by atoms with Crippen molar-refractivity contribution in [2.75, 3.05) is 10.1 Å². The monoisotopic (exact) mass is 514 g/mol. The molecule has 0 atom stereocenters. The molecule has 0 bridgehead atoms. The smallest absolute Gasteiger partial charge is 0.270 e. The number of rotatable bonds is 7. The molecule has 0 saturated heterocycles. The molecule has 0 aliphatic rings. The predicted octanol–water partition coefficient (Wildman–Crippen LogP) is 5.15. The fraction of sp³-hybridized carbons (Fsp3) is 0.0952. The Morgan fingerprint density at radius 1 is 0.886 bits per heavy atom. The van der Waals surface area contributed by atoms with E-state index >= 15 is 0 Å². The maximum absolute atomic E-state index is 13.8. The van der Waals surface area contributed by atoms with Crippen molar-refractivity contribution in [2.45, 2.75) is 18.7 Å². The summed E-state index contributed by atoms with van der Waals surface area (Å²) in [6, 6.07) is 7.39. The van der Waals surface area contributed by atoms with Gasteiger partial charge in [0.05, 0.1) is 28.1 Å². The highest BCUT2D eigenvalue weighted by Crippen LogP contribution is 2.29. The first-order chi connectivity index (χ1) is 16.3. The predicted molar refractivity (Wildman–Crippen MR) is 117 cm³/mol. The normalized spacial score (nSPS) is 11.6. The molecule has 0 aliphatic heterocycles. The molecule has 8 nitrogen and oxygen atoms in total. The molecule has 0 amide bonds. The van der Waals surface area contributed by atoms with Crippen LogP contribution in [0.1, 0.15) is 16.7 Å². The third kappa shape index (κ3) is 5.21. The van der Waals surface area contributed by atoms with Gasteiger partial charge in [0.2, 0.25) is 5.82 Å². The standard InChI is InChI=1S/C21H15F5N4O4S/c1-10-3-5-14(11(2)7-10)29-35(33,34)16-8-12(30(31)32)4-6-15(16)28-27-9-13-17(22)19(24)21(26)20(25)18(13)23/h3-9,28-29H,1-2H3. The highest BCUT2D eigenvalue weighted by molar-refractivity contribution is 7.92. The summed E-state index contributed by atoms with van der Waals surface area (Å²) in [5.41, 5.74) is 1.33. The molecule has 3 aromatic carbocycles. The number of aryl methyl sites for hydroxylation is 2. The summed E-state index contributed by atoms with van der Waals surface area (Å²) in [6.07, 6.45) is 0.256. The summed E-state index contributed by atoms with van der Waals surface area (Å²) < 4.78 is 95.9. The first-order valence-corrected chi connectivity index (χ1v) is 11.0. The molecule has 3 rings (SSSR count). The lowest BCUT2D eigenvalue weighted by atomic mass is 10.1. The van der Waals surface area contributed by atoms with Crippen LogP contribution in [0.4, 0.5) is 39.0 Å². The first kappa shape index (κ1) is 25.6. The minimum Gasteiger partial charge on any atom is -0.279 e. The van der Waals surface area contributed by atoms with Crippen molar-refractivity contribution < 1.29 is 35.3 Å². The molecule has 35 heavy (non-hydrogen) atoms. The topological polar surface area (TPSA) is 114 Å². The van der Waals surface area contributed by atoms with Crippen LogP contribution in [0.3, 0.4) is 0 Å². The fourth-order valence-corrected chi connectivity index (χ4v) is 4.28. The molecule has 0 aliphatic carbocycles. The van der Waals surface area contributed by atoms with Gasteiger partial charge >= 0.3 is 0 Å². The van der Waals surface area contributed by atoms with E-state index in [9.17, 15) is 40.5 Å². The summed E-state index contributed by atoms with van der Waals surface area (Å²) in [6.45, 7) is 3.42. The molecular formula is C21H15F5N4O4S. The van der Waals surface area contributed by atoms with Crippen LogP contribution in [0.15, 0.2) is 46.4 Å². The van der Waals surface area contributed by atoms with Gasteiger partial charge < -0.3 is 0 Å². The van der Waals surface area contributed by atoms with Gasteiger partial charge in [0.1, 0.15) is 4.90 Å². The van der Waals surface area contributed by atoms with Crippen LogP contribution in [0.2, 0.25) is 0 Å². The van der Waals surface area contributed by atoms with Gasteiger partial charge in [-0.3, -0.25) is 20.3 Å². The number of non-ortho nitro benzene ring substituents is 1. The third-order valence-corrected chi connectivity index (χ3v) is 6.12. The van der Waals surface area contributed by atoms with E-state index in [2.05, 4.69) is 15.2 Å². The molecule has 0 radical (unpaired) electrons. The van der Waals surface area contributed by atoms with E-state index in [0.29, 0.717) is 11.6 Å². The molecule has 0 heterocycles. The van der Waals surface area contributed by atoms with Crippen molar-refractivity contribution in [1.29, 1.82) is 0 Å². The summed E-state index contributed by atoms with van der Waals surface area (Å²) >= 11 is 0. The molecular weight excluding hydrogens is 499 g/mol. The Labute approximate surface area is 195 Å². The number of benzene rings is 3. The number of nitrogens with zero attached hydrogens (tertiary/aromatic N) is 2. The van der Waals surface area contributed by atoms with Gasteiger partial charge in [0, 0.05) is 12.1 Å². The van der Waals surface area contributed by atoms with Crippen LogP contribution in [0.25, 0.3) is 0 Å². The molecule has 0 aromatic heterocycles. The maximum Gasteiger partial charge on any atom is 0.270 e. The Morgan fingerprint density at radius 2 is 1.46 bits per heavy atom. The number of hydrogen-bond donors (Lipinski definition) is 2. The Bertz CT molecular complexity index is 1450. The van der Waals surface area contributed by atoms with Crippen LogP contribution in [-0.2, 0) is 10.0 Å². The Hall–Kier alpha value is -4.07. The van der Waals surface area contributed by atoms with Crippen molar-refractivity contribution in [1.82, 2.24) is 0 Å². The zero-order valence-electron chi connectivity index (χ0n) is 17.9. The fourth-order valence-electron chi connectivity index (χ4n) is 2.97. The molecule has 0 saturated carbocycles. The Morgan fingerprint density at radius 3 is 2.03 bits per heavy atom. The second-order valence-electron chi connectivity index (χ2n) is 7.22. The highest BCUT2D eigenvalue weighted by Gasteiger charge is 2.26. The van der Waals surface area contributed by atoms with Gasteiger partial charge in [-0.05, 0) is 31.5 Å². The van der Waals surface area contributed by atoms with Crippen LogP contribution >= 0.6 is 0 Å². The highest BCUT2D eigenvalue weighted by atomic mass is 32.2. The Balaban J connectivity index is 2.02. The zero-order valence-corrected chi connectivity index (χ0v) is 18.7. The number of anilines is 2. The van der Waals surface area contributed by atoms with Gasteiger partial charge in [-0.25, -0.2) is 30.4 Å². The Kier molecular flexibility index (Phi) is 7.05. The van der Waals surface area contributed by atoms with Crippen LogP contribution in [0, 0.1) is 53.0 Å². The van der Waals surface area contributed by atoms with E-state index in [0.717, 1.165) is 17.7 Å². The van der Waals surface area contributed by atoms with E-state index in [-0.39, 0.29) is 17.6 Å². The van der Waals surface area contributed by atoms with Crippen LogP contribution in [-0.4, -0.2) is 19.6 Å². The van der Waals surface area contributed by atoms with Crippen molar-refractivity contribution in [3.8, 4) is 0 Å². The van der Waals surface area contributed by atoms with Crippen molar-refractivity contribution in [3.63, 3.8) is 0 Å². The number of nitrogens with one attached hydrogen (secondary N) is 2. The lowest BCUT2D eigenvalue weighted by molar-refractivity contribution is -0.385. The minimum atomic E-state index is -4.47. The third-order valence-electron chi connectivity index (χ3n) is 4.71. The molecule has 2 N–H and O–H groups in total. The second-order valence-corrected chi connectivity index (χ2v) is 8.87. The van der Waals surface area contributed by atoms with E-state index < -0.39 is 60.2 Å². The lowest BCUT2D eigenvalue weighted by Crippen LogP contribution is -2.16. The van der Waals surface area contributed by atoms with Gasteiger partial charge in [-0.15, -0.1) is 0 Å². The average molecular weight is 514 g/mol. The molecule has 3 aromatic rings. The van der Waals surface area contributed by atoms with E-state index in [1.165, 1.54) is 6.07 Å². The SMILES string of the molecule is Cc1ccc(NS(=O)(=O)c2cc([N+](=O)[O-])ccc2NN=Cc2c(F)c(F)c(F)c(F)c2F)c(C)c1. The number of nitro groups is 1. The van der Waals surface area contributed by atoms with Gasteiger partial charge in [-0.2, -0.15) is 5.10 Å². The number of hydrazone groups is 1. The molecule has 0 spiro atoms. The zero-order chi connectivity index (χ0) is 26.1. The lowest BCUT2D eigenvalue weighted by Gasteiger charge is -2.14. The number of hydrogen-bond acceptors (Lipinski definition) is 6. The van der Waals surface area contributed by atoms with E-state index in [4.69, 9.17) is 0 Å². The summed E-state index contributed by atoms with van der Waals surface area (Å²) in [5.74, 6) is -11.0. The molecule has 184 valence electrons. The molecule has 0 unspecified atom stereocenters. The molecule has 14 heteroatoms. The second kappa shape index (κ2) is 9.66. The van der Waals surface area contributed by atoms with E-state index in [1.807, 2.05) is 0 Å². The van der Waals surface area contributed by atoms with E-state index in [1.54, 1.807) is 26.0 Å². The minimum absolute atomic E-state index is 0.179.